The quantitative estimate of drug-likeness (QED) is 0.801. The molecule has 0 bridgehead atoms. The van der Waals surface area contributed by atoms with Gasteiger partial charge in [0.2, 0.25) is 0 Å². The molecule has 0 aliphatic carbocycles. The molecule has 0 saturated carbocycles. The van der Waals surface area contributed by atoms with Crippen LogP contribution in [0.4, 0.5) is 16.2 Å². The van der Waals surface area contributed by atoms with Gasteiger partial charge in [-0.15, -0.1) is 0 Å². The van der Waals surface area contributed by atoms with Crippen molar-refractivity contribution in [3.8, 4) is 0 Å². The van der Waals surface area contributed by atoms with Gasteiger partial charge in [-0.05, 0) is 55.3 Å². The van der Waals surface area contributed by atoms with Crippen LogP contribution in [0.15, 0.2) is 48.5 Å². The fourth-order valence-electron chi connectivity index (χ4n) is 3.22. The predicted octanol–water partition coefficient (Wildman–Crippen LogP) is 3.78. The fourth-order valence-corrected chi connectivity index (χ4v) is 3.22. The summed E-state index contributed by atoms with van der Waals surface area (Å²) < 4.78 is 4.96. The Hall–Kier alpha value is -3.02. The number of anilines is 2. The number of hydrogen-bond donors (Lipinski definition) is 1. The number of esters is 1. The van der Waals surface area contributed by atoms with E-state index in [0.717, 1.165) is 19.5 Å². The molecule has 1 aliphatic rings. The molecule has 6 heteroatoms. The molecule has 28 heavy (non-hydrogen) atoms. The summed E-state index contributed by atoms with van der Waals surface area (Å²) in [6, 6.07) is 15.3. The summed E-state index contributed by atoms with van der Waals surface area (Å²) in [5.41, 5.74) is 3.67. The Bertz CT molecular complexity index is 795. The number of piperazine rings is 1. The highest BCUT2D eigenvalue weighted by atomic mass is 16.5. The molecule has 1 fully saturated rings. The lowest BCUT2D eigenvalue weighted by Crippen LogP contribution is -2.50. The Labute approximate surface area is 166 Å². The lowest BCUT2D eigenvalue weighted by atomic mass is 10.1. The van der Waals surface area contributed by atoms with Crippen molar-refractivity contribution in [2.45, 2.75) is 20.3 Å². The van der Waals surface area contributed by atoms with Gasteiger partial charge < -0.3 is 19.9 Å². The zero-order chi connectivity index (χ0) is 19.9. The average molecular weight is 381 g/mol. The van der Waals surface area contributed by atoms with Crippen molar-refractivity contribution < 1.29 is 14.3 Å². The molecule has 1 aliphatic heterocycles. The molecule has 3 rings (SSSR count). The number of ether oxygens (including phenoxy) is 1. The van der Waals surface area contributed by atoms with Gasteiger partial charge in [-0.1, -0.05) is 19.1 Å². The van der Waals surface area contributed by atoms with E-state index in [1.807, 2.05) is 4.90 Å². The minimum Gasteiger partial charge on any atom is -0.462 e. The molecule has 1 heterocycles. The molecular formula is C22H27N3O3. The van der Waals surface area contributed by atoms with Crippen LogP contribution in [0.1, 0.15) is 29.8 Å². The second-order valence-electron chi connectivity index (χ2n) is 6.72. The number of carbonyl (C=O) groups excluding carboxylic acids is 2. The SMILES string of the molecule is CCOC(=O)c1ccc(NC(=O)N2CCN(c3ccc(CC)cc3)CC2)cc1. The third kappa shape index (κ3) is 4.82. The van der Waals surface area contributed by atoms with Gasteiger partial charge in [0.15, 0.2) is 0 Å². The van der Waals surface area contributed by atoms with E-state index in [4.69, 9.17) is 4.74 Å². The number of carbonyl (C=O) groups is 2. The predicted molar refractivity (Wildman–Crippen MR) is 111 cm³/mol. The van der Waals surface area contributed by atoms with Crippen molar-refractivity contribution >= 4 is 23.4 Å². The smallest absolute Gasteiger partial charge is 0.338 e. The first-order chi connectivity index (χ1) is 13.6. The fraction of sp³-hybridized carbons (Fsp3) is 0.364. The molecule has 1 saturated heterocycles. The van der Waals surface area contributed by atoms with Gasteiger partial charge in [0.25, 0.3) is 0 Å². The van der Waals surface area contributed by atoms with E-state index in [1.54, 1.807) is 31.2 Å². The van der Waals surface area contributed by atoms with Crippen molar-refractivity contribution in [1.82, 2.24) is 4.90 Å². The third-order valence-electron chi connectivity index (χ3n) is 4.92. The van der Waals surface area contributed by atoms with Gasteiger partial charge in [-0.2, -0.15) is 0 Å². The van der Waals surface area contributed by atoms with Crippen LogP contribution in [0, 0.1) is 0 Å². The molecule has 0 aromatic heterocycles. The molecule has 2 aromatic rings. The normalized spacial score (nSPS) is 13.9. The van der Waals surface area contributed by atoms with Crippen molar-refractivity contribution in [2.24, 2.45) is 0 Å². The lowest BCUT2D eigenvalue weighted by Gasteiger charge is -2.36. The van der Waals surface area contributed by atoms with Crippen molar-refractivity contribution in [3.63, 3.8) is 0 Å². The molecule has 6 nitrogen and oxygen atoms in total. The van der Waals surface area contributed by atoms with E-state index < -0.39 is 0 Å². The molecule has 0 radical (unpaired) electrons. The first-order valence-corrected chi connectivity index (χ1v) is 9.77. The first kappa shape index (κ1) is 19.7. The molecule has 0 atom stereocenters. The zero-order valence-corrected chi connectivity index (χ0v) is 16.5. The summed E-state index contributed by atoms with van der Waals surface area (Å²) in [6.45, 7) is 7.21. The molecule has 1 N–H and O–H groups in total. The van der Waals surface area contributed by atoms with Crippen LogP contribution in [-0.2, 0) is 11.2 Å². The minimum atomic E-state index is -0.358. The zero-order valence-electron chi connectivity index (χ0n) is 16.5. The number of nitrogens with zero attached hydrogens (tertiary/aromatic N) is 2. The highest BCUT2D eigenvalue weighted by Gasteiger charge is 2.21. The van der Waals surface area contributed by atoms with Crippen molar-refractivity contribution in [2.75, 3.05) is 43.0 Å². The third-order valence-corrected chi connectivity index (χ3v) is 4.92. The van der Waals surface area contributed by atoms with Crippen LogP contribution < -0.4 is 10.2 Å². The van der Waals surface area contributed by atoms with Crippen molar-refractivity contribution in [1.29, 1.82) is 0 Å². The van der Waals surface area contributed by atoms with Crippen LogP contribution in [0.2, 0.25) is 0 Å². The van der Waals surface area contributed by atoms with Gasteiger partial charge >= 0.3 is 12.0 Å². The van der Waals surface area contributed by atoms with Crippen LogP contribution >= 0.6 is 0 Å². The Morgan fingerprint density at radius 2 is 1.57 bits per heavy atom. The van der Waals surface area contributed by atoms with Gasteiger partial charge in [0.05, 0.1) is 12.2 Å². The van der Waals surface area contributed by atoms with Gasteiger partial charge in [0, 0.05) is 37.6 Å². The second-order valence-corrected chi connectivity index (χ2v) is 6.72. The number of amides is 2. The lowest BCUT2D eigenvalue weighted by molar-refractivity contribution is 0.0526. The van der Waals surface area contributed by atoms with E-state index in [1.165, 1.54) is 11.3 Å². The number of hydrogen-bond acceptors (Lipinski definition) is 4. The highest BCUT2D eigenvalue weighted by molar-refractivity contribution is 5.92. The standard InChI is InChI=1S/C22H27N3O3/c1-3-17-5-11-20(12-6-17)24-13-15-25(16-14-24)22(27)23-19-9-7-18(8-10-19)21(26)28-4-2/h5-12H,3-4,13-16H2,1-2H3,(H,23,27). The Kier molecular flexibility index (Phi) is 6.53. The van der Waals surface area contributed by atoms with Crippen molar-refractivity contribution in [3.05, 3.63) is 59.7 Å². The Balaban J connectivity index is 1.51. The summed E-state index contributed by atoms with van der Waals surface area (Å²) in [4.78, 5) is 28.3. The van der Waals surface area contributed by atoms with E-state index in [-0.39, 0.29) is 12.0 Å². The topological polar surface area (TPSA) is 61.9 Å². The molecule has 0 spiro atoms. The van der Waals surface area contributed by atoms with Crippen LogP contribution in [0.5, 0.6) is 0 Å². The van der Waals surface area contributed by atoms with Gasteiger partial charge in [-0.3, -0.25) is 0 Å². The molecular weight excluding hydrogens is 354 g/mol. The first-order valence-electron chi connectivity index (χ1n) is 9.77. The number of rotatable bonds is 5. The second kappa shape index (κ2) is 9.26. The number of urea groups is 1. The van der Waals surface area contributed by atoms with Crippen LogP contribution in [-0.4, -0.2) is 49.7 Å². The highest BCUT2D eigenvalue weighted by Crippen LogP contribution is 2.18. The summed E-state index contributed by atoms with van der Waals surface area (Å²) in [5, 5.41) is 2.90. The van der Waals surface area contributed by atoms with E-state index in [2.05, 4.69) is 41.4 Å². The Morgan fingerprint density at radius 1 is 0.929 bits per heavy atom. The van der Waals surface area contributed by atoms with Gasteiger partial charge in [-0.25, -0.2) is 9.59 Å². The molecule has 0 unspecified atom stereocenters. The van der Waals surface area contributed by atoms with Crippen LogP contribution in [0.25, 0.3) is 0 Å². The summed E-state index contributed by atoms with van der Waals surface area (Å²) >= 11 is 0. The van der Waals surface area contributed by atoms with E-state index in [9.17, 15) is 9.59 Å². The largest absolute Gasteiger partial charge is 0.462 e. The molecule has 2 amide bonds. The maximum Gasteiger partial charge on any atom is 0.338 e. The Morgan fingerprint density at radius 3 is 2.14 bits per heavy atom. The molecule has 148 valence electrons. The minimum absolute atomic E-state index is 0.120. The summed E-state index contributed by atoms with van der Waals surface area (Å²) in [5.74, 6) is -0.358. The maximum atomic E-state index is 12.5. The maximum absolute atomic E-state index is 12.5. The number of benzene rings is 2. The van der Waals surface area contributed by atoms with Crippen LogP contribution in [0.3, 0.4) is 0 Å². The number of aryl methyl sites for hydroxylation is 1. The van der Waals surface area contributed by atoms with E-state index >= 15 is 0 Å². The number of nitrogens with one attached hydrogen (secondary N) is 1. The van der Waals surface area contributed by atoms with E-state index in [0.29, 0.717) is 30.9 Å². The molecule has 2 aromatic carbocycles. The monoisotopic (exact) mass is 381 g/mol. The summed E-state index contributed by atoms with van der Waals surface area (Å²) in [7, 11) is 0. The summed E-state index contributed by atoms with van der Waals surface area (Å²) in [6.07, 6.45) is 1.04. The van der Waals surface area contributed by atoms with Gasteiger partial charge in [0.1, 0.15) is 0 Å². The average Bonchev–Trinajstić information content (AvgIpc) is 2.74.